The fraction of sp³-hybridized carbons (Fsp3) is 0.250. The molecule has 0 fully saturated rings. The van der Waals surface area contributed by atoms with Gasteiger partial charge in [-0.25, -0.2) is 0 Å². The molecule has 1 rings (SSSR count). The van der Waals surface area contributed by atoms with Crippen LogP contribution < -0.4 is 5.73 Å². The molecule has 4 nitrogen and oxygen atoms in total. The lowest BCUT2D eigenvalue weighted by atomic mass is 10.1. The van der Waals surface area contributed by atoms with Gasteiger partial charge in [0.15, 0.2) is 0 Å². The van der Waals surface area contributed by atoms with Gasteiger partial charge >= 0.3 is 0 Å². The van der Waals surface area contributed by atoms with E-state index in [2.05, 4.69) is 0 Å². The first-order valence-electron chi connectivity index (χ1n) is 3.39. The minimum absolute atomic E-state index is 0.155. The largest absolute Gasteiger partial charge is 0.466 e. The molecule has 0 radical (unpaired) electrons. The number of hydrogen-bond donors (Lipinski definition) is 1. The van der Waals surface area contributed by atoms with Gasteiger partial charge in [0.05, 0.1) is 30.4 Å². The van der Waals surface area contributed by atoms with Crippen molar-refractivity contribution < 1.29 is 4.42 Å². The topological polar surface area (TPSA) is 86.7 Å². The molecule has 4 heteroatoms. The minimum Gasteiger partial charge on any atom is -0.466 e. The van der Waals surface area contributed by atoms with Gasteiger partial charge in [-0.3, -0.25) is 0 Å². The van der Waals surface area contributed by atoms with Crippen molar-refractivity contribution in [3.63, 3.8) is 0 Å². The predicted octanol–water partition coefficient (Wildman–Crippen LogP) is 1.06. The van der Waals surface area contributed by atoms with Crippen molar-refractivity contribution in [2.24, 2.45) is 5.73 Å². The highest BCUT2D eigenvalue weighted by atomic mass is 16.3. The van der Waals surface area contributed by atoms with Gasteiger partial charge in [0.25, 0.3) is 0 Å². The predicted molar refractivity (Wildman–Crippen MR) is 40.6 cm³/mol. The summed E-state index contributed by atoms with van der Waals surface area (Å²) in [4.78, 5) is 0. The lowest BCUT2D eigenvalue weighted by Crippen LogP contribution is -2.09. The second kappa shape index (κ2) is 3.56. The summed E-state index contributed by atoms with van der Waals surface area (Å²) in [5.41, 5.74) is 5.96. The molecule has 0 saturated carbocycles. The molecule has 0 aliphatic rings. The SMILES string of the molecule is N#CC[C@H](N)c1occc1C#N. The zero-order valence-corrected chi connectivity index (χ0v) is 6.32. The lowest BCUT2D eigenvalue weighted by Gasteiger charge is -2.02. The Balaban J connectivity index is 2.89. The van der Waals surface area contributed by atoms with Crippen LogP contribution in [0, 0.1) is 22.7 Å². The first-order valence-corrected chi connectivity index (χ1v) is 3.39. The van der Waals surface area contributed by atoms with Gasteiger partial charge in [0.2, 0.25) is 0 Å². The molecule has 1 atom stereocenters. The monoisotopic (exact) mass is 161 g/mol. The average Bonchev–Trinajstić information content (AvgIpc) is 2.51. The highest BCUT2D eigenvalue weighted by Gasteiger charge is 2.13. The number of nitriles is 2. The molecule has 0 saturated heterocycles. The Morgan fingerprint density at radius 1 is 1.58 bits per heavy atom. The van der Waals surface area contributed by atoms with Crippen molar-refractivity contribution in [2.75, 3.05) is 0 Å². The van der Waals surface area contributed by atoms with Crippen LogP contribution in [0.3, 0.4) is 0 Å². The smallest absolute Gasteiger partial charge is 0.139 e. The van der Waals surface area contributed by atoms with Gasteiger partial charge in [-0.05, 0) is 6.07 Å². The van der Waals surface area contributed by atoms with E-state index >= 15 is 0 Å². The van der Waals surface area contributed by atoms with Gasteiger partial charge in [0.1, 0.15) is 11.8 Å². The summed E-state index contributed by atoms with van der Waals surface area (Å²) in [6.45, 7) is 0. The van der Waals surface area contributed by atoms with Crippen LogP contribution in [0.2, 0.25) is 0 Å². The molecule has 0 bridgehead atoms. The minimum atomic E-state index is -0.500. The number of hydrogen-bond acceptors (Lipinski definition) is 4. The third kappa shape index (κ3) is 1.45. The van der Waals surface area contributed by atoms with E-state index in [1.807, 2.05) is 12.1 Å². The molecule has 12 heavy (non-hydrogen) atoms. The normalized spacial score (nSPS) is 11.6. The zero-order valence-electron chi connectivity index (χ0n) is 6.32. The van der Waals surface area contributed by atoms with E-state index in [9.17, 15) is 0 Å². The Bertz CT molecular complexity index is 342. The summed E-state index contributed by atoms with van der Waals surface area (Å²) in [6, 6.07) is 4.88. The molecule has 0 unspecified atom stereocenters. The summed E-state index contributed by atoms with van der Waals surface area (Å²) < 4.78 is 4.97. The maximum Gasteiger partial charge on any atom is 0.139 e. The fourth-order valence-corrected chi connectivity index (χ4v) is 0.892. The molecular formula is C8H7N3O. The average molecular weight is 161 g/mol. The number of nitrogens with two attached hydrogens (primary N) is 1. The first kappa shape index (κ1) is 8.32. The third-order valence-electron chi connectivity index (χ3n) is 1.46. The van der Waals surface area contributed by atoms with Crippen molar-refractivity contribution in [1.29, 1.82) is 10.5 Å². The van der Waals surface area contributed by atoms with Gasteiger partial charge in [-0.15, -0.1) is 0 Å². The molecule has 2 N–H and O–H groups in total. The number of rotatable bonds is 2. The van der Waals surface area contributed by atoms with Crippen LogP contribution in [0.1, 0.15) is 23.8 Å². The first-order chi connectivity index (χ1) is 5.79. The van der Waals surface area contributed by atoms with Crippen LogP contribution in [0.5, 0.6) is 0 Å². The second-order valence-electron chi connectivity index (χ2n) is 2.28. The van der Waals surface area contributed by atoms with Crippen molar-refractivity contribution in [1.82, 2.24) is 0 Å². The Hall–Kier alpha value is -1.78. The van der Waals surface area contributed by atoms with Crippen LogP contribution in [0.15, 0.2) is 16.7 Å². The molecule has 1 heterocycles. The molecule has 1 aromatic heterocycles. The number of nitrogens with zero attached hydrogens (tertiary/aromatic N) is 2. The van der Waals surface area contributed by atoms with E-state index in [1.165, 1.54) is 12.3 Å². The molecule has 60 valence electrons. The second-order valence-corrected chi connectivity index (χ2v) is 2.28. The van der Waals surface area contributed by atoms with E-state index in [4.69, 9.17) is 20.7 Å². The van der Waals surface area contributed by atoms with Crippen molar-refractivity contribution in [2.45, 2.75) is 12.5 Å². The van der Waals surface area contributed by atoms with E-state index in [1.54, 1.807) is 0 Å². The van der Waals surface area contributed by atoms with Crippen molar-refractivity contribution in [3.8, 4) is 12.1 Å². The Morgan fingerprint density at radius 2 is 2.33 bits per heavy atom. The van der Waals surface area contributed by atoms with E-state index < -0.39 is 6.04 Å². The van der Waals surface area contributed by atoms with E-state index in [0.717, 1.165) is 0 Å². The van der Waals surface area contributed by atoms with Crippen LogP contribution >= 0.6 is 0 Å². The van der Waals surface area contributed by atoms with Gasteiger partial charge in [0, 0.05) is 0 Å². The quantitative estimate of drug-likeness (QED) is 0.702. The summed E-state index contributed by atoms with van der Waals surface area (Å²) >= 11 is 0. The van der Waals surface area contributed by atoms with E-state index in [-0.39, 0.29) is 6.42 Å². The third-order valence-corrected chi connectivity index (χ3v) is 1.46. The van der Waals surface area contributed by atoms with Crippen LogP contribution in [0.25, 0.3) is 0 Å². The molecule has 0 spiro atoms. The Morgan fingerprint density at radius 3 is 2.92 bits per heavy atom. The highest BCUT2D eigenvalue weighted by molar-refractivity contribution is 5.32. The molecule has 0 aromatic carbocycles. The lowest BCUT2D eigenvalue weighted by molar-refractivity contribution is 0.468. The molecule has 0 amide bonds. The summed E-state index contributed by atoms with van der Waals surface area (Å²) in [5.74, 6) is 0.388. The highest BCUT2D eigenvalue weighted by Crippen LogP contribution is 2.18. The summed E-state index contributed by atoms with van der Waals surface area (Å²) in [7, 11) is 0. The molecule has 0 aliphatic heterocycles. The summed E-state index contributed by atoms with van der Waals surface area (Å²) in [6.07, 6.45) is 1.55. The molecule has 1 aromatic rings. The van der Waals surface area contributed by atoms with E-state index in [0.29, 0.717) is 11.3 Å². The molecular weight excluding hydrogens is 154 g/mol. The van der Waals surface area contributed by atoms with Crippen molar-refractivity contribution >= 4 is 0 Å². The molecule has 0 aliphatic carbocycles. The fourth-order valence-electron chi connectivity index (χ4n) is 0.892. The maximum absolute atomic E-state index is 8.58. The van der Waals surface area contributed by atoms with Crippen molar-refractivity contribution in [3.05, 3.63) is 23.7 Å². The van der Waals surface area contributed by atoms with Crippen LogP contribution in [-0.2, 0) is 0 Å². The van der Waals surface area contributed by atoms with Gasteiger partial charge < -0.3 is 10.2 Å². The van der Waals surface area contributed by atoms with Gasteiger partial charge in [-0.2, -0.15) is 10.5 Å². The van der Waals surface area contributed by atoms with Gasteiger partial charge in [-0.1, -0.05) is 0 Å². The van der Waals surface area contributed by atoms with Crippen LogP contribution in [-0.4, -0.2) is 0 Å². The zero-order chi connectivity index (χ0) is 8.97. The Labute approximate surface area is 69.8 Å². The number of furan rings is 1. The Kier molecular flexibility index (Phi) is 2.47. The summed E-state index contributed by atoms with van der Waals surface area (Å²) in [5, 5.41) is 16.9. The van der Waals surface area contributed by atoms with Crippen LogP contribution in [0.4, 0.5) is 0 Å². The standard InChI is InChI=1S/C8H7N3O/c9-3-1-7(11)8-6(5-10)2-4-12-8/h2,4,7H,1,11H2/t7-/m0/s1. The maximum atomic E-state index is 8.58.